The Balaban J connectivity index is 1.82. The molecule has 0 bridgehead atoms. The molecule has 0 spiro atoms. The average molecular weight is 288 g/mol. The summed E-state index contributed by atoms with van der Waals surface area (Å²) in [5, 5.41) is 3.38. The van der Waals surface area contributed by atoms with E-state index < -0.39 is 11.0 Å². The molecule has 0 aromatic heterocycles. The van der Waals surface area contributed by atoms with Crippen molar-refractivity contribution in [1.82, 2.24) is 5.32 Å². The molecule has 2 aliphatic rings. The van der Waals surface area contributed by atoms with Gasteiger partial charge in [0.25, 0.3) is 0 Å². The highest BCUT2D eigenvalue weighted by Gasteiger charge is 2.56. The van der Waals surface area contributed by atoms with Gasteiger partial charge in [0.1, 0.15) is 11.0 Å². The fourth-order valence-electron chi connectivity index (χ4n) is 3.42. The van der Waals surface area contributed by atoms with Crippen molar-refractivity contribution in [1.29, 1.82) is 0 Å². The molecule has 0 amide bonds. The summed E-state index contributed by atoms with van der Waals surface area (Å²) in [6.45, 7) is 9.06. The van der Waals surface area contributed by atoms with Gasteiger partial charge in [-0.25, -0.2) is 0 Å². The lowest BCUT2D eigenvalue weighted by molar-refractivity contribution is -0.166. The van der Waals surface area contributed by atoms with Crippen LogP contribution in [0.1, 0.15) is 20.8 Å². The lowest BCUT2D eigenvalue weighted by atomic mass is 9.81. The first-order chi connectivity index (χ1) is 9.91. The third kappa shape index (κ3) is 2.64. The van der Waals surface area contributed by atoms with Crippen LogP contribution < -0.4 is 10.2 Å². The van der Waals surface area contributed by atoms with Gasteiger partial charge in [-0.15, -0.1) is 0 Å². The maximum Gasteiger partial charge on any atom is 0.316 e. The van der Waals surface area contributed by atoms with Crippen LogP contribution in [0.4, 0.5) is 5.69 Å². The van der Waals surface area contributed by atoms with Gasteiger partial charge in [0.15, 0.2) is 0 Å². The molecule has 21 heavy (non-hydrogen) atoms. The summed E-state index contributed by atoms with van der Waals surface area (Å²) in [7, 11) is 0. The Morgan fingerprint density at radius 1 is 1.33 bits per heavy atom. The molecule has 4 heteroatoms. The number of rotatable bonds is 2. The molecule has 1 aromatic rings. The number of benzene rings is 1. The van der Waals surface area contributed by atoms with Gasteiger partial charge in [-0.3, -0.25) is 4.79 Å². The number of ether oxygens (including phenoxy) is 1. The lowest BCUT2D eigenvalue weighted by Gasteiger charge is -2.30. The van der Waals surface area contributed by atoms with E-state index in [2.05, 4.69) is 22.3 Å². The highest BCUT2D eigenvalue weighted by molar-refractivity contribution is 5.80. The zero-order valence-electron chi connectivity index (χ0n) is 13.1. The van der Waals surface area contributed by atoms with E-state index in [4.69, 9.17) is 4.74 Å². The molecule has 1 N–H and O–H groups in total. The Morgan fingerprint density at radius 3 is 2.71 bits per heavy atom. The minimum absolute atomic E-state index is 0.0524. The van der Waals surface area contributed by atoms with Crippen LogP contribution in [0.2, 0.25) is 0 Å². The first-order valence-corrected chi connectivity index (χ1v) is 7.65. The third-order valence-corrected chi connectivity index (χ3v) is 4.45. The zero-order chi connectivity index (χ0) is 15.1. The van der Waals surface area contributed by atoms with Gasteiger partial charge in [-0.05, 0) is 32.9 Å². The van der Waals surface area contributed by atoms with E-state index in [0.717, 1.165) is 26.2 Å². The molecule has 2 aliphatic heterocycles. The molecular weight excluding hydrogens is 264 g/mol. The van der Waals surface area contributed by atoms with E-state index in [1.54, 1.807) is 0 Å². The quantitative estimate of drug-likeness (QED) is 0.846. The maximum atomic E-state index is 12.8. The van der Waals surface area contributed by atoms with Crippen LogP contribution in [0.3, 0.4) is 0 Å². The fraction of sp³-hybridized carbons (Fsp3) is 0.588. The molecule has 0 aliphatic carbocycles. The summed E-state index contributed by atoms with van der Waals surface area (Å²) in [6.07, 6.45) is 0. The summed E-state index contributed by atoms with van der Waals surface area (Å²) in [5.74, 6) is 0.274. The largest absolute Gasteiger partial charge is 0.459 e. The van der Waals surface area contributed by atoms with Gasteiger partial charge in [0.05, 0.1) is 0 Å². The van der Waals surface area contributed by atoms with E-state index in [9.17, 15) is 4.79 Å². The van der Waals surface area contributed by atoms with E-state index in [1.807, 2.05) is 39.0 Å². The van der Waals surface area contributed by atoms with Crippen LogP contribution in [0.25, 0.3) is 0 Å². The van der Waals surface area contributed by atoms with Gasteiger partial charge in [0.2, 0.25) is 0 Å². The molecule has 1 aromatic carbocycles. The summed E-state index contributed by atoms with van der Waals surface area (Å²) in [4.78, 5) is 15.1. The van der Waals surface area contributed by atoms with Crippen molar-refractivity contribution in [3.8, 4) is 0 Å². The lowest BCUT2D eigenvalue weighted by Crippen LogP contribution is -2.44. The number of carbonyl (C=O) groups excluding carboxylic acids is 1. The van der Waals surface area contributed by atoms with Crippen molar-refractivity contribution in [2.24, 2.45) is 11.3 Å². The second-order valence-corrected chi connectivity index (χ2v) is 7.20. The molecular formula is C17H24N2O2. The van der Waals surface area contributed by atoms with Crippen LogP contribution in [-0.4, -0.2) is 37.7 Å². The topological polar surface area (TPSA) is 41.6 Å². The van der Waals surface area contributed by atoms with Crippen molar-refractivity contribution in [3.05, 3.63) is 30.3 Å². The van der Waals surface area contributed by atoms with Crippen LogP contribution in [-0.2, 0) is 9.53 Å². The number of anilines is 1. The SMILES string of the molecule is CC(C)(C)OC(=O)[C@@]12CNC[C@@H]1CN(c1ccccc1)C2. The standard InChI is InChI=1S/C17H24N2O2/c1-16(2,3)21-15(20)17-11-18-9-13(17)10-19(12-17)14-7-5-4-6-8-14/h4-8,13,18H,9-12H2,1-3H3/t13-,17-/m1/s1. The van der Waals surface area contributed by atoms with Crippen LogP contribution in [0.5, 0.6) is 0 Å². The van der Waals surface area contributed by atoms with E-state index in [1.165, 1.54) is 5.69 Å². The molecule has 0 radical (unpaired) electrons. The van der Waals surface area contributed by atoms with Gasteiger partial charge >= 0.3 is 5.97 Å². The first-order valence-electron chi connectivity index (χ1n) is 7.65. The minimum Gasteiger partial charge on any atom is -0.459 e. The molecule has 2 saturated heterocycles. The van der Waals surface area contributed by atoms with Gasteiger partial charge in [-0.2, -0.15) is 0 Å². The van der Waals surface area contributed by atoms with Crippen molar-refractivity contribution in [3.63, 3.8) is 0 Å². The highest BCUT2D eigenvalue weighted by Crippen LogP contribution is 2.42. The number of nitrogens with one attached hydrogen (secondary N) is 1. The number of para-hydroxylation sites is 1. The van der Waals surface area contributed by atoms with Crippen LogP contribution >= 0.6 is 0 Å². The van der Waals surface area contributed by atoms with Crippen molar-refractivity contribution < 1.29 is 9.53 Å². The smallest absolute Gasteiger partial charge is 0.316 e. The Labute approximate surface area is 126 Å². The van der Waals surface area contributed by atoms with Gasteiger partial charge in [-0.1, -0.05) is 18.2 Å². The number of esters is 1. The first kappa shape index (κ1) is 14.4. The summed E-state index contributed by atoms with van der Waals surface area (Å²) >= 11 is 0. The number of carbonyl (C=O) groups is 1. The number of hydrogen-bond donors (Lipinski definition) is 1. The highest BCUT2D eigenvalue weighted by atomic mass is 16.6. The van der Waals surface area contributed by atoms with Gasteiger partial charge in [0, 0.05) is 37.8 Å². The molecule has 3 rings (SSSR count). The number of nitrogens with zero attached hydrogens (tertiary/aromatic N) is 1. The molecule has 2 fully saturated rings. The van der Waals surface area contributed by atoms with E-state index in [-0.39, 0.29) is 5.97 Å². The Kier molecular flexibility index (Phi) is 3.44. The Hall–Kier alpha value is -1.55. The second kappa shape index (κ2) is 5.02. The fourth-order valence-corrected chi connectivity index (χ4v) is 3.42. The average Bonchev–Trinajstić information content (AvgIpc) is 2.95. The monoisotopic (exact) mass is 288 g/mol. The molecule has 4 nitrogen and oxygen atoms in total. The second-order valence-electron chi connectivity index (χ2n) is 7.20. The molecule has 0 saturated carbocycles. The predicted octanol–water partition coefficient (Wildman–Crippen LogP) is 2.05. The summed E-state index contributed by atoms with van der Waals surface area (Å²) in [5.41, 5.74) is 0.359. The van der Waals surface area contributed by atoms with Crippen LogP contribution in [0.15, 0.2) is 30.3 Å². The van der Waals surface area contributed by atoms with Crippen molar-refractivity contribution in [2.75, 3.05) is 31.1 Å². The van der Waals surface area contributed by atoms with Gasteiger partial charge < -0.3 is 15.0 Å². The third-order valence-electron chi connectivity index (χ3n) is 4.45. The molecule has 114 valence electrons. The summed E-state index contributed by atoms with van der Waals surface area (Å²) in [6, 6.07) is 10.3. The van der Waals surface area contributed by atoms with E-state index >= 15 is 0 Å². The van der Waals surface area contributed by atoms with E-state index in [0.29, 0.717) is 5.92 Å². The normalized spacial score (nSPS) is 28.5. The predicted molar refractivity (Wildman–Crippen MR) is 83.3 cm³/mol. The maximum absolute atomic E-state index is 12.8. The number of fused-ring (bicyclic) bond motifs is 1. The summed E-state index contributed by atoms with van der Waals surface area (Å²) < 4.78 is 5.70. The van der Waals surface area contributed by atoms with Crippen molar-refractivity contribution >= 4 is 11.7 Å². The Morgan fingerprint density at radius 2 is 2.05 bits per heavy atom. The van der Waals surface area contributed by atoms with Crippen LogP contribution in [0, 0.1) is 11.3 Å². The number of hydrogen-bond acceptors (Lipinski definition) is 4. The Bertz CT molecular complexity index is 523. The zero-order valence-corrected chi connectivity index (χ0v) is 13.1. The molecule has 2 heterocycles. The molecule has 0 unspecified atom stereocenters. The minimum atomic E-state index is -0.431. The molecule has 2 atom stereocenters. The van der Waals surface area contributed by atoms with Crippen molar-refractivity contribution in [2.45, 2.75) is 26.4 Å².